The zero-order chi connectivity index (χ0) is 35.3. The molecule has 3 aromatic rings. The number of amides is 1. The van der Waals surface area contributed by atoms with E-state index in [-0.39, 0.29) is 24.7 Å². The fourth-order valence-corrected chi connectivity index (χ4v) is 8.57. The highest BCUT2D eigenvalue weighted by atomic mass is 35.5. The van der Waals surface area contributed by atoms with Gasteiger partial charge < -0.3 is 28.6 Å². The average Bonchev–Trinajstić information content (AvgIpc) is 3.56. The first-order chi connectivity index (χ1) is 23.7. The molecule has 0 aromatic heterocycles. The summed E-state index contributed by atoms with van der Waals surface area (Å²) >= 11 is 6.11. The Morgan fingerprint density at radius 3 is 2.30 bits per heavy atom. The van der Waals surface area contributed by atoms with Gasteiger partial charge in [0.15, 0.2) is 11.6 Å². The van der Waals surface area contributed by atoms with Crippen LogP contribution in [0.15, 0.2) is 72.8 Å². The molecule has 0 aliphatic carbocycles. The molecule has 268 valence electrons. The third-order valence-electron chi connectivity index (χ3n) is 9.68. The second kappa shape index (κ2) is 13.5. The van der Waals surface area contributed by atoms with Crippen LogP contribution >= 0.6 is 11.6 Å². The molecule has 0 saturated carbocycles. The highest BCUT2D eigenvalue weighted by molar-refractivity contribution is 7.90. The van der Waals surface area contributed by atoms with E-state index in [0.29, 0.717) is 0 Å². The molecule has 13 heteroatoms. The SMILES string of the molecule is CC1(C)O[C@@H]2[C@@H](CO[C@@]3(CCS(=O)(=O)NC(=O)c4ccc(N5CCN(Cc6ccccc6-c6ccc(Cl)cc6)CC5)cc4)OC(C)(C)O[C@@H]23)O1. The van der Waals surface area contributed by atoms with Crippen LogP contribution in [0.5, 0.6) is 0 Å². The average molecular weight is 726 g/mol. The first kappa shape index (κ1) is 35.3. The van der Waals surface area contributed by atoms with E-state index < -0.39 is 51.3 Å². The molecule has 4 saturated heterocycles. The minimum absolute atomic E-state index is 0.0612. The van der Waals surface area contributed by atoms with Gasteiger partial charge in [-0.15, -0.1) is 0 Å². The molecule has 11 nitrogen and oxygen atoms in total. The molecule has 0 spiro atoms. The van der Waals surface area contributed by atoms with E-state index in [1.807, 2.05) is 38.1 Å². The normalized spacial score (nSPS) is 27.5. The first-order valence-corrected chi connectivity index (χ1v) is 19.1. The number of fused-ring (bicyclic) bond motifs is 3. The number of nitrogens with zero attached hydrogens (tertiary/aromatic N) is 2. The van der Waals surface area contributed by atoms with Crippen LogP contribution in [0.25, 0.3) is 11.1 Å². The lowest BCUT2D eigenvalue weighted by Crippen LogP contribution is -2.59. The number of ether oxygens (including phenoxy) is 5. The number of hydrogen-bond acceptors (Lipinski definition) is 10. The number of halogens is 1. The summed E-state index contributed by atoms with van der Waals surface area (Å²) in [4.78, 5) is 17.8. The molecule has 1 amide bonds. The maximum atomic E-state index is 13.2. The highest BCUT2D eigenvalue weighted by Gasteiger charge is 2.65. The van der Waals surface area contributed by atoms with Gasteiger partial charge in [0, 0.05) is 55.4 Å². The number of piperazine rings is 1. The van der Waals surface area contributed by atoms with E-state index in [4.69, 9.17) is 35.3 Å². The van der Waals surface area contributed by atoms with Crippen molar-refractivity contribution in [1.29, 1.82) is 0 Å². The Hall–Kier alpha value is -3.07. The van der Waals surface area contributed by atoms with E-state index in [2.05, 4.69) is 50.9 Å². The number of hydrogen-bond donors (Lipinski definition) is 1. The molecular weight excluding hydrogens is 682 g/mol. The Labute approximate surface area is 298 Å². The Morgan fingerprint density at radius 1 is 0.880 bits per heavy atom. The van der Waals surface area contributed by atoms with Gasteiger partial charge in [-0.25, -0.2) is 13.1 Å². The standard InChI is InChI=1S/C37H44ClN3O8S/c1-35(2)46-31-24-45-37(33(32(31)47-35)48-36(3,4)49-37)17-22-50(43,44)39-34(42)26-11-15-29(16-12-26)41-20-18-40(19-21-41)23-27-7-5-6-8-30(27)25-9-13-28(38)14-10-25/h5-16,31-33H,17-24H2,1-4H3,(H,39,42)/t31-,32-,33+,37+/m1/s1. The lowest BCUT2D eigenvalue weighted by atomic mass is 9.95. The second-order valence-electron chi connectivity index (χ2n) is 14.3. The number of sulfonamides is 1. The molecule has 4 aliphatic rings. The summed E-state index contributed by atoms with van der Waals surface area (Å²) in [6.07, 6.45) is -1.62. The van der Waals surface area contributed by atoms with Crippen LogP contribution in [0.1, 0.15) is 50.0 Å². The van der Waals surface area contributed by atoms with Crippen molar-refractivity contribution in [3.63, 3.8) is 0 Å². The topological polar surface area (TPSA) is 116 Å². The number of rotatable bonds is 9. The molecule has 7 rings (SSSR count). The summed E-state index contributed by atoms with van der Waals surface area (Å²) in [5.74, 6) is -4.33. The first-order valence-electron chi connectivity index (χ1n) is 17.0. The van der Waals surface area contributed by atoms with Crippen molar-refractivity contribution in [3.8, 4) is 11.1 Å². The molecule has 50 heavy (non-hydrogen) atoms. The fraction of sp³-hybridized carbons (Fsp3) is 0.486. The van der Waals surface area contributed by atoms with Gasteiger partial charge in [0.25, 0.3) is 5.91 Å². The van der Waals surface area contributed by atoms with Gasteiger partial charge >= 0.3 is 0 Å². The maximum absolute atomic E-state index is 13.2. The highest BCUT2D eigenvalue weighted by Crippen LogP contribution is 2.49. The number of carbonyl (C=O) groups is 1. The minimum Gasteiger partial charge on any atom is -0.369 e. The lowest BCUT2D eigenvalue weighted by molar-refractivity contribution is -0.281. The number of nitrogens with one attached hydrogen (secondary N) is 1. The third-order valence-corrected chi connectivity index (χ3v) is 11.2. The summed E-state index contributed by atoms with van der Waals surface area (Å²) in [6, 6.07) is 23.4. The van der Waals surface area contributed by atoms with Crippen molar-refractivity contribution >= 4 is 33.2 Å². The molecule has 4 heterocycles. The predicted octanol–water partition coefficient (Wildman–Crippen LogP) is 5.18. The van der Waals surface area contributed by atoms with Crippen molar-refractivity contribution in [2.75, 3.05) is 43.4 Å². The Balaban J connectivity index is 0.927. The van der Waals surface area contributed by atoms with Crippen molar-refractivity contribution in [2.45, 2.75) is 76.3 Å². The molecule has 4 fully saturated rings. The summed E-state index contributed by atoms with van der Waals surface area (Å²) in [5.41, 5.74) is 4.84. The monoisotopic (exact) mass is 725 g/mol. The van der Waals surface area contributed by atoms with Gasteiger partial charge in [-0.2, -0.15) is 0 Å². The molecule has 0 radical (unpaired) electrons. The van der Waals surface area contributed by atoms with Crippen molar-refractivity contribution in [2.24, 2.45) is 0 Å². The molecule has 4 aliphatic heterocycles. The zero-order valence-electron chi connectivity index (χ0n) is 28.8. The summed E-state index contributed by atoms with van der Waals surface area (Å²) in [5, 5.41) is 0.720. The van der Waals surface area contributed by atoms with Crippen LogP contribution in [0, 0.1) is 0 Å². The van der Waals surface area contributed by atoms with Crippen LogP contribution in [-0.2, 0) is 40.3 Å². The Kier molecular flexibility index (Phi) is 9.53. The van der Waals surface area contributed by atoms with E-state index in [1.165, 1.54) is 11.1 Å². The van der Waals surface area contributed by atoms with E-state index in [0.717, 1.165) is 49.0 Å². The van der Waals surface area contributed by atoms with Crippen molar-refractivity contribution in [1.82, 2.24) is 9.62 Å². The van der Waals surface area contributed by atoms with E-state index in [9.17, 15) is 13.2 Å². The second-order valence-corrected chi connectivity index (χ2v) is 16.6. The summed E-state index contributed by atoms with van der Waals surface area (Å²) < 4.78 is 59.0. The van der Waals surface area contributed by atoms with E-state index >= 15 is 0 Å². The van der Waals surface area contributed by atoms with Crippen LogP contribution < -0.4 is 9.62 Å². The van der Waals surface area contributed by atoms with Crippen LogP contribution in [0.2, 0.25) is 5.02 Å². The predicted molar refractivity (Wildman–Crippen MR) is 189 cm³/mol. The van der Waals surface area contributed by atoms with Gasteiger partial charge in [-0.05, 0) is 80.8 Å². The molecular formula is C37H44ClN3O8S. The van der Waals surface area contributed by atoms with Crippen LogP contribution in [0.3, 0.4) is 0 Å². The number of benzene rings is 3. The van der Waals surface area contributed by atoms with Crippen molar-refractivity contribution in [3.05, 3.63) is 88.9 Å². The van der Waals surface area contributed by atoms with Crippen LogP contribution in [-0.4, -0.2) is 93.4 Å². The van der Waals surface area contributed by atoms with E-state index in [1.54, 1.807) is 26.0 Å². The van der Waals surface area contributed by atoms with Gasteiger partial charge in [0.2, 0.25) is 15.8 Å². The molecule has 0 bridgehead atoms. The third kappa shape index (κ3) is 7.58. The summed E-state index contributed by atoms with van der Waals surface area (Å²) in [6.45, 7) is 11.5. The largest absolute Gasteiger partial charge is 0.369 e. The van der Waals surface area contributed by atoms with Gasteiger partial charge in [0.1, 0.15) is 18.3 Å². The fourth-order valence-electron chi connectivity index (χ4n) is 7.39. The zero-order valence-corrected chi connectivity index (χ0v) is 30.3. The van der Waals surface area contributed by atoms with Gasteiger partial charge in [0.05, 0.1) is 12.4 Å². The summed E-state index contributed by atoms with van der Waals surface area (Å²) in [7, 11) is -4.05. The Morgan fingerprint density at radius 2 is 1.58 bits per heavy atom. The molecule has 4 atom stereocenters. The number of anilines is 1. The van der Waals surface area contributed by atoms with Crippen molar-refractivity contribution < 1.29 is 36.9 Å². The van der Waals surface area contributed by atoms with Gasteiger partial charge in [-0.1, -0.05) is 48.0 Å². The molecule has 0 unspecified atom stereocenters. The smallest absolute Gasteiger partial charge is 0.264 e. The van der Waals surface area contributed by atoms with Gasteiger partial charge in [-0.3, -0.25) is 9.69 Å². The number of carbonyl (C=O) groups excluding carboxylic acids is 1. The molecule has 3 aromatic carbocycles. The molecule has 1 N–H and O–H groups in total. The van der Waals surface area contributed by atoms with Crippen LogP contribution in [0.4, 0.5) is 5.69 Å². The lowest BCUT2D eigenvalue weighted by Gasteiger charge is -2.40. The Bertz CT molecular complexity index is 1810. The minimum atomic E-state index is -4.05. The maximum Gasteiger partial charge on any atom is 0.264 e. The quantitative estimate of drug-likeness (QED) is 0.317.